The van der Waals surface area contributed by atoms with Gasteiger partial charge in [-0.15, -0.1) is 0 Å². The molecule has 0 spiro atoms. The van der Waals surface area contributed by atoms with Crippen LogP contribution >= 0.6 is 0 Å². The van der Waals surface area contributed by atoms with Crippen molar-refractivity contribution in [2.24, 2.45) is 0 Å². The second-order valence-electron chi connectivity index (χ2n) is 6.60. The molecule has 1 amide bonds. The summed E-state index contributed by atoms with van der Waals surface area (Å²) in [6.07, 6.45) is 3.53. The predicted molar refractivity (Wildman–Crippen MR) is 105 cm³/mol. The van der Waals surface area contributed by atoms with Crippen LogP contribution in [0.2, 0.25) is 0 Å². The molecule has 1 heterocycles. The third-order valence-corrected chi connectivity index (χ3v) is 4.99. The lowest BCUT2D eigenvalue weighted by atomic mass is 10.1. The molecule has 0 atom stereocenters. The van der Waals surface area contributed by atoms with Gasteiger partial charge in [0.15, 0.2) is 0 Å². The molecule has 1 aliphatic rings. The number of nitrogens with zero attached hydrogens (tertiary/aromatic N) is 1. The van der Waals surface area contributed by atoms with Crippen LogP contribution in [-0.2, 0) is 10.0 Å². The van der Waals surface area contributed by atoms with Crippen molar-refractivity contribution < 1.29 is 13.2 Å². The molecule has 2 N–H and O–H groups in total. The van der Waals surface area contributed by atoms with E-state index in [2.05, 4.69) is 21.0 Å². The van der Waals surface area contributed by atoms with Gasteiger partial charge in [0, 0.05) is 35.7 Å². The Morgan fingerprint density at radius 1 is 1.04 bits per heavy atom. The number of aryl methyl sites for hydroxylation is 1. The first-order valence-corrected chi connectivity index (χ1v) is 10.5. The first-order chi connectivity index (χ1) is 12.3. The zero-order valence-corrected chi connectivity index (χ0v) is 15.8. The third-order valence-electron chi connectivity index (χ3n) is 4.38. The molecule has 1 fully saturated rings. The van der Waals surface area contributed by atoms with Crippen molar-refractivity contribution in [3.8, 4) is 0 Å². The minimum absolute atomic E-state index is 0.229. The number of benzene rings is 2. The molecule has 1 saturated heterocycles. The normalized spacial score (nSPS) is 14.3. The Labute approximate surface area is 154 Å². The molecule has 0 unspecified atom stereocenters. The van der Waals surface area contributed by atoms with Crippen molar-refractivity contribution in [1.29, 1.82) is 0 Å². The largest absolute Gasteiger partial charge is 0.372 e. The van der Waals surface area contributed by atoms with Crippen LogP contribution in [0.5, 0.6) is 0 Å². The average Bonchev–Trinajstić information content (AvgIpc) is 3.10. The number of carbonyl (C=O) groups is 1. The van der Waals surface area contributed by atoms with Crippen molar-refractivity contribution in [2.75, 3.05) is 34.3 Å². The standard InChI is InChI=1S/C19H23N3O3S/c1-14-13-17(22-11-3-4-12-22)9-10-18(14)20-19(23)15-5-7-16(8-6-15)21-26(2,24)25/h5-10,13,21H,3-4,11-12H2,1-2H3,(H,20,23). The summed E-state index contributed by atoms with van der Waals surface area (Å²) in [7, 11) is -3.33. The van der Waals surface area contributed by atoms with Gasteiger partial charge < -0.3 is 10.2 Å². The van der Waals surface area contributed by atoms with Gasteiger partial charge in [0.2, 0.25) is 10.0 Å². The van der Waals surface area contributed by atoms with Crippen LogP contribution in [0.1, 0.15) is 28.8 Å². The summed E-state index contributed by atoms with van der Waals surface area (Å²) in [5.41, 5.74) is 3.87. The second kappa shape index (κ2) is 7.37. The molecule has 0 aromatic heterocycles. The minimum Gasteiger partial charge on any atom is -0.372 e. The first-order valence-electron chi connectivity index (χ1n) is 8.57. The highest BCUT2D eigenvalue weighted by Crippen LogP contribution is 2.26. The average molecular weight is 373 g/mol. The second-order valence-corrected chi connectivity index (χ2v) is 8.35. The van der Waals surface area contributed by atoms with E-state index < -0.39 is 10.0 Å². The molecule has 3 rings (SSSR count). The van der Waals surface area contributed by atoms with Crippen molar-refractivity contribution in [3.63, 3.8) is 0 Å². The Hall–Kier alpha value is -2.54. The van der Waals surface area contributed by atoms with Gasteiger partial charge in [-0.25, -0.2) is 8.42 Å². The molecule has 0 aliphatic carbocycles. The van der Waals surface area contributed by atoms with Gasteiger partial charge in [0.25, 0.3) is 5.91 Å². The van der Waals surface area contributed by atoms with E-state index in [-0.39, 0.29) is 5.91 Å². The highest BCUT2D eigenvalue weighted by atomic mass is 32.2. The van der Waals surface area contributed by atoms with E-state index in [1.165, 1.54) is 18.5 Å². The number of hydrogen-bond donors (Lipinski definition) is 2. The predicted octanol–water partition coefficient (Wildman–Crippen LogP) is 3.22. The molecular weight excluding hydrogens is 350 g/mol. The fourth-order valence-electron chi connectivity index (χ4n) is 3.06. The van der Waals surface area contributed by atoms with Gasteiger partial charge in [-0.2, -0.15) is 0 Å². The van der Waals surface area contributed by atoms with Crippen LogP contribution in [-0.4, -0.2) is 33.7 Å². The van der Waals surface area contributed by atoms with Crippen molar-refractivity contribution in [1.82, 2.24) is 0 Å². The summed E-state index contributed by atoms with van der Waals surface area (Å²) in [6, 6.07) is 12.4. The smallest absolute Gasteiger partial charge is 0.255 e. The summed E-state index contributed by atoms with van der Waals surface area (Å²) in [5, 5.41) is 2.92. The number of sulfonamides is 1. The van der Waals surface area contributed by atoms with Gasteiger partial charge >= 0.3 is 0 Å². The molecular formula is C19H23N3O3S. The number of nitrogens with one attached hydrogen (secondary N) is 2. The summed E-state index contributed by atoms with van der Waals surface area (Å²) in [5.74, 6) is -0.229. The monoisotopic (exact) mass is 373 g/mol. The SMILES string of the molecule is Cc1cc(N2CCCC2)ccc1NC(=O)c1ccc(NS(C)(=O)=O)cc1. The number of hydrogen-bond acceptors (Lipinski definition) is 4. The molecule has 6 nitrogen and oxygen atoms in total. The maximum atomic E-state index is 12.4. The van der Waals surface area contributed by atoms with E-state index in [0.717, 1.165) is 30.6 Å². The summed E-state index contributed by atoms with van der Waals surface area (Å²) in [6.45, 7) is 4.15. The molecule has 2 aromatic carbocycles. The lowest BCUT2D eigenvalue weighted by Crippen LogP contribution is -2.18. The highest BCUT2D eigenvalue weighted by molar-refractivity contribution is 7.92. The van der Waals surface area contributed by atoms with E-state index in [1.54, 1.807) is 24.3 Å². The van der Waals surface area contributed by atoms with Crippen LogP contribution in [0.25, 0.3) is 0 Å². The summed E-state index contributed by atoms with van der Waals surface area (Å²) < 4.78 is 24.8. The summed E-state index contributed by atoms with van der Waals surface area (Å²) in [4.78, 5) is 14.8. The van der Waals surface area contributed by atoms with Gasteiger partial charge in [-0.05, 0) is 67.8 Å². The van der Waals surface area contributed by atoms with Crippen molar-refractivity contribution >= 4 is 33.0 Å². The molecule has 0 bridgehead atoms. The van der Waals surface area contributed by atoms with Crippen molar-refractivity contribution in [2.45, 2.75) is 19.8 Å². The third kappa shape index (κ3) is 4.54. The Kier molecular flexibility index (Phi) is 5.18. The fraction of sp³-hybridized carbons (Fsp3) is 0.316. The van der Waals surface area contributed by atoms with Gasteiger partial charge in [-0.1, -0.05) is 0 Å². The van der Waals surface area contributed by atoms with E-state index in [0.29, 0.717) is 11.3 Å². The zero-order valence-electron chi connectivity index (χ0n) is 15.0. The van der Waals surface area contributed by atoms with Crippen LogP contribution in [0, 0.1) is 6.92 Å². The van der Waals surface area contributed by atoms with Crippen molar-refractivity contribution in [3.05, 3.63) is 53.6 Å². The molecule has 0 radical (unpaired) electrons. The molecule has 138 valence electrons. The number of carbonyl (C=O) groups excluding carboxylic acids is 1. The van der Waals surface area contributed by atoms with Gasteiger partial charge in [0.1, 0.15) is 0 Å². The van der Waals surface area contributed by atoms with Crippen LogP contribution in [0.15, 0.2) is 42.5 Å². The Balaban J connectivity index is 1.69. The highest BCUT2D eigenvalue weighted by Gasteiger charge is 2.14. The molecule has 1 aliphatic heterocycles. The molecule has 26 heavy (non-hydrogen) atoms. The number of rotatable bonds is 5. The topological polar surface area (TPSA) is 78.5 Å². The lowest BCUT2D eigenvalue weighted by molar-refractivity contribution is 0.102. The minimum atomic E-state index is -3.33. The number of anilines is 3. The lowest BCUT2D eigenvalue weighted by Gasteiger charge is -2.19. The molecule has 7 heteroatoms. The van der Waals surface area contributed by atoms with Gasteiger partial charge in [-0.3, -0.25) is 9.52 Å². The van der Waals surface area contributed by atoms with E-state index in [4.69, 9.17) is 0 Å². The quantitative estimate of drug-likeness (QED) is 0.843. The molecule has 2 aromatic rings. The van der Waals surface area contributed by atoms with Crippen LogP contribution in [0.3, 0.4) is 0 Å². The van der Waals surface area contributed by atoms with E-state index in [9.17, 15) is 13.2 Å². The Bertz CT molecular complexity index is 902. The Morgan fingerprint density at radius 3 is 2.27 bits per heavy atom. The molecule has 0 saturated carbocycles. The maximum absolute atomic E-state index is 12.4. The van der Waals surface area contributed by atoms with Crippen LogP contribution < -0.4 is 14.9 Å². The fourth-order valence-corrected chi connectivity index (χ4v) is 3.62. The maximum Gasteiger partial charge on any atom is 0.255 e. The van der Waals surface area contributed by atoms with E-state index >= 15 is 0 Å². The Morgan fingerprint density at radius 2 is 1.69 bits per heavy atom. The first kappa shape index (κ1) is 18.3. The zero-order chi connectivity index (χ0) is 18.7. The van der Waals surface area contributed by atoms with E-state index in [1.807, 2.05) is 19.1 Å². The van der Waals surface area contributed by atoms with Gasteiger partial charge in [0.05, 0.1) is 6.26 Å². The van der Waals surface area contributed by atoms with Crippen LogP contribution in [0.4, 0.5) is 17.1 Å². The number of amides is 1. The summed E-state index contributed by atoms with van der Waals surface area (Å²) >= 11 is 0.